The van der Waals surface area contributed by atoms with E-state index < -0.39 is 11.8 Å². The van der Waals surface area contributed by atoms with E-state index in [-0.39, 0.29) is 98.8 Å². The SMILES string of the molecule is Br.NC(=NCCCCNC(=O)c1ccc(C(=O)NCCCCN=C(N)NC(=O)c2nc(Cl)c(N)nc2N)cc1)NC(=O)c1nc(Cl)c(N)nc1N. The fourth-order valence-electron chi connectivity index (χ4n) is 3.90. The number of carbonyl (C=O) groups is 4. The zero-order chi connectivity index (χ0) is 36.8. The number of guanidine groups is 2. The molecule has 0 saturated carbocycles. The van der Waals surface area contributed by atoms with Crippen molar-refractivity contribution in [3.05, 3.63) is 57.1 Å². The van der Waals surface area contributed by atoms with Gasteiger partial charge in [0, 0.05) is 37.3 Å². The Bertz CT molecular complexity index is 1660. The lowest BCUT2D eigenvalue weighted by molar-refractivity contribution is 0.0941. The summed E-state index contributed by atoms with van der Waals surface area (Å²) in [6.07, 6.45) is 2.29. The van der Waals surface area contributed by atoms with Crippen LogP contribution in [0.25, 0.3) is 0 Å². The third-order valence-corrected chi connectivity index (χ3v) is 6.99. The molecule has 0 saturated heterocycles. The van der Waals surface area contributed by atoms with Crippen LogP contribution in [0.3, 0.4) is 0 Å². The molecule has 274 valence electrons. The molecule has 0 aliphatic carbocycles. The first-order valence-electron chi connectivity index (χ1n) is 14.8. The quantitative estimate of drug-likeness (QED) is 0.0582. The van der Waals surface area contributed by atoms with E-state index in [2.05, 4.69) is 51.2 Å². The highest BCUT2D eigenvalue weighted by Crippen LogP contribution is 2.18. The molecule has 2 aromatic heterocycles. The number of nitrogen functional groups attached to an aromatic ring is 4. The number of hydrogen-bond donors (Lipinski definition) is 10. The van der Waals surface area contributed by atoms with Gasteiger partial charge in [-0.05, 0) is 49.9 Å². The number of anilines is 4. The number of nitrogens with one attached hydrogen (secondary N) is 4. The Hall–Kier alpha value is -5.54. The van der Waals surface area contributed by atoms with Crippen LogP contribution in [0.15, 0.2) is 34.3 Å². The Morgan fingerprint density at radius 3 is 1.27 bits per heavy atom. The van der Waals surface area contributed by atoms with Crippen molar-refractivity contribution >= 4 is 99.0 Å². The molecule has 51 heavy (non-hydrogen) atoms. The van der Waals surface area contributed by atoms with Gasteiger partial charge >= 0.3 is 0 Å². The molecule has 20 nitrogen and oxygen atoms in total. The number of hydrogen-bond acceptors (Lipinski definition) is 14. The summed E-state index contributed by atoms with van der Waals surface area (Å²) < 4.78 is 0. The van der Waals surface area contributed by atoms with Gasteiger partial charge in [0.05, 0.1) is 0 Å². The monoisotopic (exact) mass is 810 g/mol. The van der Waals surface area contributed by atoms with E-state index >= 15 is 0 Å². The predicted octanol–water partition coefficient (Wildman–Crippen LogP) is -0.0105. The second-order valence-corrected chi connectivity index (χ2v) is 10.9. The van der Waals surface area contributed by atoms with Crippen molar-refractivity contribution in [1.29, 1.82) is 0 Å². The highest BCUT2D eigenvalue weighted by atomic mass is 79.9. The summed E-state index contributed by atoms with van der Waals surface area (Å²) in [6.45, 7) is 1.29. The number of unbranched alkanes of at least 4 members (excludes halogenated alkanes) is 2. The lowest BCUT2D eigenvalue weighted by Gasteiger charge is -2.08. The molecule has 0 bridgehead atoms. The summed E-state index contributed by atoms with van der Waals surface area (Å²) in [5, 5.41) is 9.91. The Morgan fingerprint density at radius 2 is 0.922 bits per heavy atom. The zero-order valence-electron chi connectivity index (χ0n) is 26.9. The van der Waals surface area contributed by atoms with Crippen LogP contribution in [0.2, 0.25) is 10.3 Å². The maximum Gasteiger partial charge on any atom is 0.280 e. The average molecular weight is 813 g/mol. The van der Waals surface area contributed by atoms with Crippen LogP contribution in [0.5, 0.6) is 0 Å². The van der Waals surface area contributed by atoms with Crippen molar-refractivity contribution in [2.24, 2.45) is 21.5 Å². The average Bonchev–Trinajstić information content (AvgIpc) is 3.07. The molecule has 0 radical (unpaired) electrons. The first-order valence-corrected chi connectivity index (χ1v) is 15.6. The summed E-state index contributed by atoms with van der Waals surface area (Å²) in [5.41, 5.74) is 34.0. The number of carbonyl (C=O) groups excluding carboxylic acids is 4. The zero-order valence-corrected chi connectivity index (χ0v) is 30.1. The van der Waals surface area contributed by atoms with E-state index in [1.165, 1.54) is 0 Å². The number of nitrogens with zero attached hydrogens (tertiary/aromatic N) is 6. The molecule has 1 aromatic carbocycles. The van der Waals surface area contributed by atoms with Gasteiger partial charge in [0.2, 0.25) is 0 Å². The van der Waals surface area contributed by atoms with Gasteiger partial charge in [-0.2, -0.15) is 0 Å². The fourth-order valence-corrected chi connectivity index (χ4v) is 4.15. The van der Waals surface area contributed by atoms with Crippen molar-refractivity contribution in [3.8, 4) is 0 Å². The molecule has 16 N–H and O–H groups in total. The van der Waals surface area contributed by atoms with E-state index in [9.17, 15) is 19.2 Å². The molecule has 3 rings (SSSR count). The molecular formula is C28H37BrCl2N16O4. The number of nitrogens with two attached hydrogens (primary N) is 6. The minimum atomic E-state index is -0.742. The number of aliphatic imine (C=N–C) groups is 2. The molecule has 0 aliphatic heterocycles. The van der Waals surface area contributed by atoms with Crippen LogP contribution in [0, 0.1) is 0 Å². The molecule has 0 fully saturated rings. The number of aromatic nitrogens is 4. The summed E-state index contributed by atoms with van der Waals surface area (Å²) >= 11 is 11.6. The largest absolute Gasteiger partial charge is 0.382 e. The van der Waals surface area contributed by atoms with Gasteiger partial charge in [0.1, 0.15) is 0 Å². The van der Waals surface area contributed by atoms with Gasteiger partial charge in [0.15, 0.2) is 56.9 Å². The number of rotatable bonds is 14. The van der Waals surface area contributed by atoms with Crippen LogP contribution >= 0.6 is 40.2 Å². The van der Waals surface area contributed by atoms with E-state index in [4.69, 9.17) is 57.6 Å². The van der Waals surface area contributed by atoms with Crippen LogP contribution in [-0.2, 0) is 0 Å². The minimum absolute atomic E-state index is 0. The van der Waals surface area contributed by atoms with Gasteiger partial charge in [-0.25, -0.2) is 19.9 Å². The molecule has 0 unspecified atom stereocenters. The molecule has 2 heterocycles. The predicted molar refractivity (Wildman–Crippen MR) is 200 cm³/mol. The second-order valence-electron chi connectivity index (χ2n) is 10.2. The third-order valence-electron chi connectivity index (χ3n) is 6.44. The summed E-state index contributed by atoms with van der Waals surface area (Å²) in [4.78, 5) is 72.6. The lowest BCUT2D eigenvalue weighted by atomic mass is 10.1. The first kappa shape index (κ1) is 41.6. The Kier molecular flexibility index (Phi) is 16.5. The normalized spacial score (nSPS) is 11.3. The molecule has 4 amide bonds. The smallest absolute Gasteiger partial charge is 0.280 e. The van der Waals surface area contributed by atoms with Gasteiger partial charge in [-0.3, -0.25) is 39.8 Å². The van der Waals surface area contributed by atoms with Gasteiger partial charge in [-0.15, -0.1) is 17.0 Å². The Morgan fingerprint density at radius 1 is 0.569 bits per heavy atom. The fraction of sp³-hybridized carbons (Fsp3) is 0.286. The second kappa shape index (κ2) is 20.2. The van der Waals surface area contributed by atoms with Crippen molar-refractivity contribution < 1.29 is 19.2 Å². The molecule has 0 atom stereocenters. The number of amides is 4. The van der Waals surface area contributed by atoms with Gasteiger partial charge in [-0.1, -0.05) is 23.2 Å². The highest BCUT2D eigenvalue weighted by molar-refractivity contribution is 8.93. The van der Waals surface area contributed by atoms with E-state index in [1.54, 1.807) is 24.3 Å². The number of halogens is 3. The standard InChI is InChI=1S/C28H36Cl2N16O4.BrH/c29-17-21(33)43-19(31)15(41-17)25(49)45-27(35)39-11-3-1-9-37-23(47)13-5-7-14(8-6-13)24(48)38-10-2-4-12-40-28(36)46-26(50)16-20(32)44-22(34)18(30)42-16;/h5-8H,1-4,9-12H2,(H,37,47)(H,38,48)(H4,31,33,43)(H4,32,34,44)(H3,35,39,45,49)(H3,36,40,46,50);1H. The van der Waals surface area contributed by atoms with Crippen molar-refractivity contribution in [2.45, 2.75) is 25.7 Å². The van der Waals surface area contributed by atoms with Gasteiger partial charge < -0.3 is 45.0 Å². The molecular weight excluding hydrogens is 775 g/mol. The van der Waals surface area contributed by atoms with Gasteiger partial charge in [0.25, 0.3) is 23.6 Å². The van der Waals surface area contributed by atoms with Crippen molar-refractivity contribution in [3.63, 3.8) is 0 Å². The van der Waals surface area contributed by atoms with Crippen LogP contribution in [-0.4, -0.2) is 81.7 Å². The van der Waals surface area contributed by atoms with Crippen molar-refractivity contribution in [1.82, 2.24) is 41.2 Å². The maximum atomic E-state index is 12.5. The number of benzene rings is 1. The molecule has 23 heteroatoms. The van der Waals surface area contributed by atoms with E-state index in [0.717, 1.165) is 0 Å². The summed E-state index contributed by atoms with van der Waals surface area (Å²) in [7, 11) is 0. The first-order chi connectivity index (χ1) is 23.8. The molecule has 0 spiro atoms. The van der Waals surface area contributed by atoms with Crippen LogP contribution < -0.4 is 55.7 Å². The Labute approximate surface area is 311 Å². The molecule has 3 aromatic rings. The van der Waals surface area contributed by atoms with Crippen LogP contribution in [0.1, 0.15) is 67.4 Å². The lowest BCUT2D eigenvalue weighted by Crippen LogP contribution is -2.38. The van der Waals surface area contributed by atoms with E-state index in [1.807, 2.05) is 0 Å². The Balaban J connectivity index is 0.00000901. The minimum Gasteiger partial charge on any atom is -0.382 e. The topological polar surface area (TPSA) is 349 Å². The highest BCUT2D eigenvalue weighted by Gasteiger charge is 2.18. The van der Waals surface area contributed by atoms with E-state index in [0.29, 0.717) is 49.9 Å². The van der Waals surface area contributed by atoms with Crippen LogP contribution in [0.4, 0.5) is 23.3 Å². The summed E-state index contributed by atoms with van der Waals surface area (Å²) in [6, 6.07) is 6.19. The molecule has 0 aliphatic rings. The van der Waals surface area contributed by atoms with Crippen molar-refractivity contribution in [2.75, 3.05) is 49.1 Å². The third kappa shape index (κ3) is 13.0. The maximum absolute atomic E-state index is 12.5. The summed E-state index contributed by atoms with van der Waals surface area (Å²) in [5.74, 6) is -3.04.